The first kappa shape index (κ1) is 17.3. The largest absolute Gasteiger partial charge is 0.356 e. The Kier molecular flexibility index (Phi) is 5.37. The first-order chi connectivity index (χ1) is 12.8. The molecule has 2 heterocycles. The van der Waals surface area contributed by atoms with Gasteiger partial charge in [-0.15, -0.1) is 0 Å². The standard InChI is InChI=1S/C22H30N4/c1-17-12-14-26(15-13-17)21-16-20(18-8-4-2-5-9-18)24-22(25-21)23-19-10-6-3-7-11-19/h2,4-5,8-9,16-17,19H,3,6-7,10-15H2,1H3,(H,23,24,25). The van der Waals surface area contributed by atoms with Crippen molar-refractivity contribution in [3.63, 3.8) is 0 Å². The Morgan fingerprint density at radius 2 is 1.65 bits per heavy atom. The molecule has 1 saturated heterocycles. The third kappa shape index (κ3) is 4.17. The molecule has 2 aliphatic rings. The van der Waals surface area contributed by atoms with Crippen LogP contribution in [0.3, 0.4) is 0 Å². The predicted molar refractivity (Wildman–Crippen MR) is 109 cm³/mol. The second-order valence-corrected chi connectivity index (χ2v) is 7.95. The summed E-state index contributed by atoms with van der Waals surface area (Å²) in [5, 5.41) is 3.63. The topological polar surface area (TPSA) is 41.1 Å². The fourth-order valence-corrected chi connectivity index (χ4v) is 4.08. The van der Waals surface area contributed by atoms with Crippen molar-refractivity contribution in [3.8, 4) is 11.3 Å². The van der Waals surface area contributed by atoms with E-state index in [-0.39, 0.29) is 0 Å². The molecule has 1 N–H and O–H groups in total. The van der Waals surface area contributed by atoms with Gasteiger partial charge in [0.1, 0.15) is 5.82 Å². The molecular formula is C22H30N4. The maximum absolute atomic E-state index is 4.91. The van der Waals surface area contributed by atoms with E-state index in [0.717, 1.165) is 42.0 Å². The summed E-state index contributed by atoms with van der Waals surface area (Å²) in [6.07, 6.45) is 8.94. The van der Waals surface area contributed by atoms with Crippen molar-refractivity contribution in [2.75, 3.05) is 23.3 Å². The van der Waals surface area contributed by atoms with Crippen LogP contribution >= 0.6 is 0 Å². The van der Waals surface area contributed by atoms with Crippen LogP contribution in [0.4, 0.5) is 11.8 Å². The zero-order chi connectivity index (χ0) is 17.8. The molecule has 2 fully saturated rings. The zero-order valence-electron chi connectivity index (χ0n) is 15.8. The summed E-state index contributed by atoms with van der Waals surface area (Å²) in [5.74, 6) is 2.69. The molecule has 1 aliphatic heterocycles. The van der Waals surface area contributed by atoms with E-state index >= 15 is 0 Å². The SMILES string of the molecule is CC1CCN(c2cc(-c3ccccc3)nc(NC3CCCCC3)n2)CC1. The highest BCUT2D eigenvalue weighted by atomic mass is 15.2. The average Bonchev–Trinajstić information content (AvgIpc) is 2.70. The van der Waals surface area contributed by atoms with Gasteiger partial charge in [0.05, 0.1) is 5.69 Å². The molecule has 4 nitrogen and oxygen atoms in total. The van der Waals surface area contributed by atoms with Crippen molar-refractivity contribution < 1.29 is 0 Å². The average molecular weight is 351 g/mol. The Morgan fingerprint density at radius 1 is 0.923 bits per heavy atom. The number of hydrogen-bond acceptors (Lipinski definition) is 4. The summed E-state index contributed by atoms with van der Waals surface area (Å²) >= 11 is 0. The van der Waals surface area contributed by atoms with E-state index in [1.165, 1.54) is 44.9 Å². The fourth-order valence-electron chi connectivity index (χ4n) is 4.08. The minimum Gasteiger partial charge on any atom is -0.356 e. The van der Waals surface area contributed by atoms with Crippen LogP contribution in [-0.4, -0.2) is 29.1 Å². The molecule has 138 valence electrons. The van der Waals surface area contributed by atoms with Crippen molar-refractivity contribution in [2.24, 2.45) is 5.92 Å². The summed E-state index contributed by atoms with van der Waals surface area (Å²) in [6.45, 7) is 4.54. The van der Waals surface area contributed by atoms with Crippen molar-refractivity contribution in [1.82, 2.24) is 9.97 Å². The van der Waals surface area contributed by atoms with Gasteiger partial charge in [0.25, 0.3) is 0 Å². The third-order valence-electron chi connectivity index (χ3n) is 5.83. The van der Waals surface area contributed by atoms with Gasteiger partial charge in [-0.1, -0.05) is 56.5 Å². The van der Waals surface area contributed by atoms with Crippen LogP contribution in [0.25, 0.3) is 11.3 Å². The summed E-state index contributed by atoms with van der Waals surface area (Å²) < 4.78 is 0. The van der Waals surface area contributed by atoms with E-state index < -0.39 is 0 Å². The number of hydrogen-bond donors (Lipinski definition) is 1. The first-order valence-electron chi connectivity index (χ1n) is 10.2. The van der Waals surface area contributed by atoms with Crippen LogP contribution in [0.15, 0.2) is 36.4 Å². The molecule has 0 amide bonds. The van der Waals surface area contributed by atoms with Gasteiger partial charge < -0.3 is 10.2 Å². The number of nitrogens with one attached hydrogen (secondary N) is 1. The van der Waals surface area contributed by atoms with Crippen LogP contribution in [0, 0.1) is 5.92 Å². The van der Waals surface area contributed by atoms with Crippen LogP contribution in [0.2, 0.25) is 0 Å². The molecule has 2 aromatic rings. The van der Waals surface area contributed by atoms with E-state index in [2.05, 4.69) is 53.5 Å². The monoisotopic (exact) mass is 350 g/mol. The van der Waals surface area contributed by atoms with Gasteiger partial charge in [-0.3, -0.25) is 0 Å². The molecule has 1 aromatic heterocycles. The number of anilines is 2. The van der Waals surface area contributed by atoms with Crippen molar-refractivity contribution in [2.45, 2.75) is 57.9 Å². The molecule has 4 rings (SSSR count). The Balaban J connectivity index is 1.62. The van der Waals surface area contributed by atoms with Gasteiger partial charge in [0.2, 0.25) is 5.95 Å². The Bertz CT molecular complexity index is 701. The Labute approximate surface area is 157 Å². The maximum Gasteiger partial charge on any atom is 0.225 e. The second-order valence-electron chi connectivity index (χ2n) is 7.95. The highest BCUT2D eigenvalue weighted by Crippen LogP contribution is 2.28. The lowest BCUT2D eigenvalue weighted by Gasteiger charge is -2.32. The molecule has 0 spiro atoms. The minimum atomic E-state index is 0.518. The maximum atomic E-state index is 4.91. The number of piperidine rings is 1. The number of rotatable bonds is 4. The summed E-state index contributed by atoms with van der Waals surface area (Å²) in [5.41, 5.74) is 2.18. The number of benzene rings is 1. The third-order valence-corrected chi connectivity index (χ3v) is 5.83. The number of aromatic nitrogens is 2. The van der Waals surface area contributed by atoms with E-state index in [9.17, 15) is 0 Å². The highest BCUT2D eigenvalue weighted by Gasteiger charge is 2.20. The van der Waals surface area contributed by atoms with Crippen molar-refractivity contribution in [3.05, 3.63) is 36.4 Å². The normalized spacial score (nSPS) is 19.5. The van der Waals surface area contributed by atoms with Gasteiger partial charge in [-0.05, 0) is 31.6 Å². The molecular weight excluding hydrogens is 320 g/mol. The Morgan fingerprint density at radius 3 is 2.38 bits per heavy atom. The van der Waals surface area contributed by atoms with Crippen LogP contribution in [-0.2, 0) is 0 Å². The second kappa shape index (κ2) is 8.07. The smallest absolute Gasteiger partial charge is 0.225 e. The summed E-state index contributed by atoms with van der Waals surface area (Å²) in [4.78, 5) is 12.2. The minimum absolute atomic E-state index is 0.518. The molecule has 0 bridgehead atoms. The summed E-state index contributed by atoms with van der Waals surface area (Å²) in [6, 6.07) is 13.2. The van der Waals surface area contributed by atoms with Crippen LogP contribution < -0.4 is 10.2 Å². The molecule has 0 atom stereocenters. The quantitative estimate of drug-likeness (QED) is 0.830. The van der Waals surface area contributed by atoms with E-state index in [1.807, 2.05) is 0 Å². The lowest BCUT2D eigenvalue weighted by atomic mass is 9.96. The Hall–Kier alpha value is -2.10. The predicted octanol–water partition coefficient (Wildman–Crippen LogP) is 5.12. The van der Waals surface area contributed by atoms with E-state index in [1.54, 1.807) is 0 Å². The van der Waals surface area contributed by atoms with Gasteiger partial charge in [-0.25, -0.2) is 4.98 Å². The van der Waals surface area contributed by atoms with Gasteiger partial charge in [0, 0.05) is 30.8 Å². The molecule has 1 aliphatic carbocycles. The molecule has 26 heavy (non-hydrogen) atoms. The molecule has 1 aromatic carbocycles. The van der Waals surface area contributed by atoms with Crippen LogP contribution in [0.1, 0.15) is 51.9 Å². The van der Waals surface area contributed by atoms with Crippen molar-refractivity contribution >= 4 is 11.8 Å². The molecule has 4 heteroatoms. The lowest BCUT2D eigenvalue weighted by molar-refractivity contribution is 0.436. The van der Waals surface area contributed by atoms with Crippen molar-refractivity contribution in [1.29, 1.82) is 0 Å². The van der Waals surface area contributed by atoms with Gasteiger partial charge >= 0.3 is 0 Å². The first-order valence-corrected chi connectivity index (χ1v) is 10.2. The molecule has 0 radical (unpaired) electrons. The van der Waals surface area contributed by atoms with Gasteiger partial charge in [0.15, 0.2) is 0 Å². The van der Waals surface area contributed by atoms with E-state index in [0.29, 0.717) is 6.04 Å². The highest BCUT2D eigenvalue weighted by molar-refractivity contribution is 5.65. The van der Waals surface area contributed by atoms with Crippen LogP contribution in [0.5, 0.6) is 0 Å². The van der Waals surface area contributed by atoms with E-state index in [4.69, 9.17) is 9.97 Å². The van der Waals surface area contributed by atoms with Gasteiger partial charge in [-0.2, -0.15) is 4.98 Å². The summed E-state index contributed by atoms with van der Waals surface area (Å²) in [7, 11) is 0. The zero-order valence-corrected chi connectivity index (χ0v) is 15.8. The lowest BCUT2D eigenvalue weighted by Crippen LogP contribution is -2.34. The molecule has 0 unspecified atom stereocenters. The number of nitrogens with zero attached hydrogens (tertiary/aromatic N) is 3. The molecule has 1 saturated carbocycles. The fraction of sp³-hybridized carbons (Fsp3) is 0.545.